The lowest BCUT2D eigenvalue weighted by molar-refractivity contribution is -0.137. The average Bonchev–Trinajstić information content (AvgIpc) is 2.62. The number of hydrogen-bond donors (Lipinski definition) is 1. The monoisotopic (exact) mass is 219 g/mol. The summed E-state index contributed by atoms with van der Waals surface area (Å²) in [4.78, 5) is 12.8. The fourth-order valence-electron chi connectivity index (χ4n) is 2.39. The normalized spacial score (nSPS) is 13.9. The Hall–Kier alpha value is -1.51. The molecule has 0 saturated heterocycles. The molecule has 3 heteroatoms. The van der Waals surface area contributed by atoms with Gasteiger partial charge in [0.15, 0.2) is 0 Å². The van der Waals surface area contributed by atoms with Crippen LogP contribution in [0.4, 0.5) is 5.69 Å². The second-order valence-electron chi connectivity index (χ2n) is 4.32. The number of aryl methyl sites for hydroxylation is 1. The fraction of sp³-hybridized carbons (Fsp3) is 0.462. The minimum absolute atomic E-state index is 0.262. The zero-order valence-electron chi connectivity index (χ0n) is 9.57. The Kier molecular flexibility index (Phi) is 3.13. The first-order chi connectivity index (χ1) is 7.68. The maximum absolute atomic E-state index is 10.5. The minimum Gasteiger partial charge on any atom is -0.481 e. The van der Waals surface area contributed by atoms with Gasteiger partial charge in [0.1, 0.15) is 0 Å². The van der Waals surface area contributed by atoms with Gasteiger partial charge in [-0.25, -0.2) is 0 Å². The first-order valence-corrected chi connectivity index (χ1v) is 5.73. The summed E-state index contributed by atoms with van der Waals surface area (Å²) in [5, 5.41) is 8.62. The van der Waals surface area contributed by atoms with E-state index in [0.717, 1.165) is 25.9 Å². The molecule has 0 aliphatic carbocycles. The highest BCUT2D eigenvalue weighted by molar-refractivity contribution is 5.67. The minimum atomic E-state index is -0.704. The molecule has 0 spiro atoms. The maximum atomic E-state index is 10.5. The number of para-hydroxylation sites is 1. The van der Waals surface area contributed by atoms with Crippen LogP contribution in [0.2, 0.25) is 0 Å². The van der Waals surface area contributed by atoms with E-state index in [-0.39, 0.29) is 6.42 Å². The molecule has 1 N–H and O–H groups in total. The number of carbonyl (C=O) groups is 1. The number of fused-ring (bicyclic) bond motifs is 1. The Labute approximate surface area is 95.7 Å². The van der Waals surface area contributed by atoms with Gasteiger partial charge in [0, 0.05) is 25.2 Å². The van der Waals surface area contributed by atoms with Crippen molar-refractivity contribution in [3.05, 3.63) is 29.3 Å². The Morgan fingerprint density at radius 1 is 1.50 bits per heavy atom. The van der Waals surface area contributed by atoms with Gasteiger partial charge in [0.05, 0.1) is 0 Å². The van der Waals surface area contributed by atoms with Crippen LogP contribution in [0.5, 0.6) is 0 Å². The van der Waals surface area contributed by atoms with E-state index >= 15 is 0 Å². The van der Waals surface area contributed by atoms with Crippen molar-refractivity contribution in [1.82, 2.24) is 0 Å². The van der Waals surface area contributed by atoms with Gasteiger partial charge in [-0.2, -0.15) is 0 Å². The molecule has 0 fully saturated rings. The fourth-order valence-corrected chi connectivity index (χ4v) is 2.39. The molecule has 0 bridgehead atoms. The summed E-state index contributed by atoms with van der Waals surface area (Å²) in [5.74, 6) is -0.704. The average molecular weight is 219 g/mol. The van der Waals surface area contributed by atoms with Gasteiger partial charge in [-0.1, -0.05) is 18.2 Å². The van der Waals surface area contributed by atoms with Crippen LogP contribution in [-0.2, 0) is 11.2 Å². The van der Waals surface area contributed by atoms with E-state index in [4.69, 9.17) is 5.11 Å². The second-order valence-corrected chi connectivity index (χ2v) is 4.32. The maximum Gasteiger partial charge on any atom is 0.303 e. The molecule has 1 aromatic rings. The molecule has 0 radical (unpaired) electrons. The van der Waals surface area contributed by atoms with Crippen molar-refractivity contribution in [3.8, 4) is 0 Å². The van der Waals surface area contributed by atoms with E-state index in [2.05, 4.69) is 30.0 Å². The lowest BCUT2D eigenvalue weighted by Gasteiger charge is -2.20. The number of aliphatic carboxylic acids is 1. The van der Waals surface area contributed by atoms with Crippen LogP contribution in [0.3, 0.4) is 0 Å². The van der Waals surface area contributed by atoms with Crippen molar-refractivity contribution in [2.45, 2.75) is 26.2 Å². The Morgan fingerprint density at radius 2 is 2.31 bits per heavy atom. The van der Waals surface area contributed by atoms with Crippen molar-refractivity contribution in [2.24, 2.45) is 0 Å². The van der Waals surface area contributed by atoms with Crippen molar-refractivity contribution < 1.29 is 9.90 Å². The molecule has 86 valence electrons. The topological polar surface area (TPSA) is 40.5 Å². The van der Waals surface area contributed by atoms with Crippen LogP contribution in [0.15, 0.2) is 18.2 Å². The van der Waals surface area contributed by atoms with Gasteiger partial charge in [-0.05, 0) is 30.9 Å². The summed E-state index contributed by atoms with van der Waals surface area (Å²) < 4.78 is 0. The summed E-state index contributed by atoms with van der Waals surface area (Å²) in [6, 6.07) is 6.38. The van der Waals surface area contributed by atoms with Crippen LogP contribution >= 0.6 is 0 Å². The Morgan fingerprint density at radius 3 is 3.06 bits per heavy atom. The molecule has 16 heavy (non-hydrogen) atoms. The number of carboxylic acid groups (broad SMARTS) is 1. The number of anilines is 1. The van der Waals surface area contributed by atoms with Crippen LogP contribution in [0, 0.1) is 6.92 Å². The molecule has 2 rings (SSSR count). The zero-order chi connectivity index (χ0) is 11.5. The Balaban J connectivity index is 2.03. The molecule has 0 unspecified atom stereocenters. The van der Waals surface area contributed by atoms with E-state index in [9.17, 15) is 4.79 Å². The van der Waals surface area contributed by atoms with Crippen molar-refractivity contribution >= 4 is 11.7 Å². The number of carboxylic acids is 1. The second kappa shape index (κ2) is 4.56. The third-order valence-corrected chi connectivity index (χ3v) is 3.11. The quantitative estimate of drug-likeness (QED) is 0.844. The molecule has 0 saturated carbocycles. The first-order valence-electron chi connectivity index (χ1n) is 5.73. The highest BCUT2D eigenvalue weighted by Gasteiger charge is 2.19. The number of benzene rings is 1. The van der Waals surface area contributed by atoms with E-state index in [1.165, 1.54) is 16.8 Å². The predicted octanol–water partition coefficient (Wildman–Crippen LogP) is 2.22. The summed E-state index contributed by atoms with van der Waals surface area (Å²) in [7, 11) is 0. The summed E-state index contributed by atoms with van der Waals surface area (Å²) >= 11 is 0. The van der Waals surface area contributed by atoms with Crippen LogP contribution in [0.1, 0.15) is 24.0 Å². The van der Waals surface area contributed by atoms with E-state index < -0.39 is 5.97 Å². The highest BCUT2D eigenvalue weighted by atomic mass is 16.4. The molecule has 1 heterocycles. The van der Waals surface area contributed by atoms with Gasteiger partial charge in [-0.15, -0.1) is 0 Å². The van der Waals surface area contributed by atoms with Gasteiger partial charge < -0.3 is 10.0 Å². The lowest BCUT2D eigenvalue weighted by Crippen LogP contribution is -2.22. The summed E-state index contributed by atoms with van der Waals surface area (Å²) in [6.07, 6.45) is 2.07. The third-order valence-electron chi connectivity index (χ3n) is 3.11. The van der Waals surface area contributed by atoms with Crippen LogP contribution in [-0.4, -0.2) is 24.2 Å². The number of hydrogen-bond acceptors (Lipinski definition) is 2. The van der Waals surface area contributed by atoms with E-state index in [1.807, 2.05) is 0 Å². The Bertz CT molecular complexity index is 401. The zero-order valence-corrected chi connectivity index (χ0v) is 9.57. The lowest BCUT2D eigenvalue weighted by atomic mass is 10.1. The van der Waals surface area contributed by atoms with Gasteiger partial charge in [0.25, 0.3) is 0 Å². The SMILES string of the molecule is Cc1cccc2c1N(CCCC(=O)O)CC2. The standard InChI is InChI=1S/C13H17NO2/c1-10-4-2-5-11-7-9-14(13(10)11)8-3-6-12(15)16/h2,4-5H,3,6-9H2,1H3,(H,15,16). The van der Waals surface area contributed by atoms with Crippen molar-refractivity contribution in [2.75, 3.05) is 18.0 Å². The van der Waals surface area contributed by atoms with Gasteiger partial charge in [0.2, 0.25) is 0 Å². The van der Waals surface area contributed by atoms with Gasteiger partial charge >= 0.3 is 5.97 Å². The largest absolute Gasteiger partial charge is 0.481 e. The molecular weight excluding hydrogens is 202 g/mol. The molecule has 0 atom stereocenters. The number of nitrogens with zero attached hydrogens (tertiary/aromatic N) is 1. The molecule has 1 aliphatic rings. The molecular formula is C13H17NO2. The molecule has 1 aliphatic heterocycles. The summed E-state index contributed by atoms with van der Waals surface area (Å²) in [5.41, 5.74) is 4.02. The molecule has 0 amide bonds. The summed E-state index contributed by atoms with van der Waals surface area (Å²) in [6.45, 7) is 4.00. The molecule has 0 aromatic heterocycles. The molecule has 3 nitrogen and oxygen atoms in total. The smallest absolute Gasteiger partial charge is 0.303 e. The predicted molar refractivity (Wildman–Crippen MR) is 64.0 cm³/mol. The first kappa shape index (κ1) is 11.0. The third kappa shape index (κ3) is 2.18. The van der Waals surface area contributed by atoms with E-state index in [1.54, 1.807) is 0 Å². The molecule has 1 aromatic carbocycles. The van der Waals surface area contributed by atoms with Gasteiger partial charge in [-0.3, -0.25) is 4.79 Å². The van der Waals surface area contributed by atoms with Crippen LogP contribution < -0.4 is 4.90 Å². The van der Waals surface area contributed by atoms with Crippen molar-refractivity contribution in [3.63, 3.8) is 0 Å². The van der Waals surface area contributed by atoms with E-state index in [0.29, 0.717) is 0 Å². The van der Waals surface area contributed by atoms with Crippen LogP contribution in [0.25, 0.3) is 0 Å². The van der Waals surface area contributed by atoms with Crippen molar-refractivity contribution in [1.29, 1.82) is 0 Å². The highest BCUT2D eigenvalue weighted by Crippen LogP contribution is 2.31. The number of rotatable bonds is 4.